The van der Waals surface area contributed by atoms with Crippen LogP contribution in [-0.2, 0) is 0 Å². The molecular formula is C13H21N3O. The first-order chi connectivity index (χ1) is 8.20. The molecule has 0 saturated heterocycles. The van der Waals surface area contributed by atoms with E-state index in [9.17, 15) is 5.11 Å². The molecule has 0 amide bonds. The molecule has 0 radical (unpaired) electrons. The summed E-state index contributed by atoms with van der Waals surface area (Å²) < 4.78 is 0. The molecule has 0 aliphatic heterocycles. The highest BCUT2D eigenvalue weighted by atomic mass is 16.3. The summed E-state index contributed by atoms with van der Waals surface area (Å²) in [5.41, 5.74) is 7.44. The van der Waals surface area contributed by atoms with Crippen LogP contribution in [0.4, 0.5) is 11.5 Å². The first-order valence-electron chi connectivity index (χ1n) is 6.30. The highest BCUT2D eigenvalue weighted by Gasteiger charge is 2.24. The number of anilines is 2. The van der Waals surface area contributed by atoms with Gasteiger partial charge in [0.2, 0.25) is 0 Å². The monoisotopic (exact) mass is 235 g/mol. The van der Waals surface area contributed by atoms with Gasteiger partial charge in [0.15, 0.2) is 0 Å². The maximum absolute atomic E-state index is 9.37. The molecule has 4 heteroatoms. The van der Waals surface area contributed by atoms with Crippen LogP contribution in [0.2, 0.25) is 0 Å². The van der Waals surface area contributed by atoms with Gasteiger partial charge in [-0.25, -0.2) is 4.98 Å². The van der Waals surface area contributed by atoms with Crippen LogP contribution < -0.4 is 11.1 Å². The molecule has 1 aliphatic rings. The zero-order valence-electron chi connectivity index (χ0n) is 10.3. The molecular weight excluding hydrogens is 214 g/mol. The number of rotatable bonds is 3. The normalized spacial score (nSPS) is 24.6. The van der Waals surface area contributed by atoms with Crippen LogP contribution in [0.15, 0.2) is 12.3 Å². The number of aromatic nitrogens is 1. The maximum atomic E-state index is 9.37. The predicted octanol–water partition coefficient (Wildman–Crippen LogP) is 1.94. The fourth-order valence-electron chi connectivity index (χ4n) is 2.54. The Bertz CT molecular complexity index is 381. The van der Waals surface area contributed by atoms with E-state index in [1.54, 1.807) is 6.20 Å². The molecule has 1 heterocycles. The number of nitrogens with one attached hydrogen (secondary N) is 1. The van der Waals surface area contributed by atoms with Crippen molar-refractivity contribution in [1.29, 1.82) is 0 Å². The summed E-state index contributed by atoms with van der Waals surface area (Å²) in [5, 5.41) is 12.8. The molecule has 1 fully saturated rings. The van der Waals surface area contributed by atoms with Gasteiger partial charge in [-0.1, -0.05) is 12.8 Å². The van der Waals surface area contributed by atoms with Gasteiger partial charge in [0.05, 0.1) is 11.9 Å². The van der Waals surface area contributed by atoms with Crippen LogP contribution in [0.1, 0.15) is 31.2 Å². The molecule has 4 nitrogen and oxygen atoms in total. The lowest BCUT2D eigenvalue weighted by Crippen LogP contribution is -2.34. The second-order valence-electron chi connectivity index (χ2n) is 4.91. The third-order valence-electron chi connectivity index (χ3n) is 3.57. The molecule has 2 atom stereocenters. The van der Waals surface area contributed by atoms with Crippen LogP contribution in [0.5, 0.6) is 0 Å². The van der Waals surface area contributed by atoms with Crippen LogP contribution in [0.3, 0.4) is 0 Å². The topological polar surface area (TPSA) is 71.2 Å². The van der Waals surface area contributed by atoms with Crippen molar-refractivity contribution in [2.75, 3.05) is 17.7 Å². The van der Waals surface area contributed by atoms with Crippen molar-refractivity contribution in [3.8, 4) is 0 Å². The van der Waals surface area contributed by atoms with Gasteiger partial charge in [0.25, 0.3) is 0 Å². The van der Waals surface area contributed by atoms with E-state index in [0.717, 1.165) is 24.2 Å². The van der Waals surface area contributed by atoms with Gasteiger partial charge in [-0.3, -0.25) is 0 Å². The van der Waals surface area contributed by atoms with E-state index in [0.29, 0.717) is 17.6 Å². The minimum absolute atomic E-state index is 0.256. The van der Waals surface area contributed by atoms with E-state index in [4.69, 9.17) is 5.73 Å². The average molecular weight is 235 g/mol. The van der Waals surface area contributed by atoms with E-state index in [1.165, 1.54) is 12.8 Å². The van der Waals surface area contributed by atoms with Crippen molar-refractivity contribution in [3.05, 3.63) is 17.8 Å². The molecule has 1 aromatic rings. The van der Waals surface area contributed by atoms with E-state index in [2.05, 4.69) is 10.3 Å². The predicted molar refractivity (Wildman–Crippen MR) is 69.8 cm³/mol. The third-order valence-corrected chi connectivity index (χ3v) is 3.57. The maximum Gasteiger partial charge on any atom is 0.129 e. The largest absolute Gasteiger partial charge is 0.397 e. The molecule has 2 rings (SSSR count). The van der Waals surface area contributed by atoms with Crippen molar-refractivity contribution in [1.82, 2.24) is 4.98 Å². The lowest BCUT2D eigenvalue weighted by atomic mass is 9.85. The SMILES string of the molecule is Cc1cc(N)cnc1NC1CCCCC1CO. The van der Waals surface area contributed by atoms with Gasteiger partial charge in [-0.05, 0) is 31.4 Å². The second-order valence-corrected chi connectivity index (χ2v) is 4.91. The molecule has 4 N–H and O–H groups in total. The summed E-state index contributed by atoms with van der Waals surface area (Å²) in [6, 6.07) is 2.26. The van der Waals surface area contributed by atoms with Crippen molar-refractivity contribution in [2.45, 2.75) is 38.6 Å². The second kappa shape index (κ2) is 5.36. The molecule has 17 heavy (non-hydrogen) atoms. The Morgan fingerprint density at radius 1 is 1.47 bits per heavy atom. The molecule has 0 bridgehead atoms. The number of nitrogens with zero attached hydrogens (tertiary/aromatic N) is 1. The lowest BCUT2D eigenvalue weighted by molar-refractivity contribution is 0.178. The molecule has 2 unspecified atom stereocenters. The summed E-state index contributed by atoms with van der Waals surface area (Å²) in [5.74, 6) is 1.24. The Kier molecular flexibility index (Phi) is 3.84. The summed E-state index contributed by atoms with van der Waals surface area (Å²) in [4.78, 5) is 4.32. The number of hydrogen-bond donors (Lipinski definition) is 3. The molecule has 1 saturated carbocycles. The summed E-state index contributed by atoms with van der Waals surface area (Å²) in [7, 11) is 0. The van der Waals surface area contributed by atoms with Crippen molar-refractivity contribution in [2.24, 2.45) is 5.92 Å². The molecule has 1 aromatic heterocycles. The first-order valence-corrected chi connectivity index (χ1v) is 6.30. The Labute approximate surface area is 102 Å². The smallest absolute Gasteiger partial charge is 0.129 e. The highest BCUT2D eigenvalue weighted by Crippen LogP contribution is 2.27. The van der Waals surface area contributed by atoms with Gasteiger partial charge in [0, 0.05) is 18.6 Å². The summed E-state index contributed by atoms with van der Waals surface area (Å²) in [6.07, 6.45) is 6.32. The lowest BCUT2D eigenvalue weighted by Gasteiger charge is -2.31. The number of hydrogen-bond acceptors (Lipinski definition) is 4. The van der Waals surface area contributed by atoms with E-state index in [-0.39, 0.29) is 6.61 Å². The number of nitrogens with two attached hydrogens (primary N) is 1. The summed E-state index contributed by atoms with van der Waals surface area (Å²) in [6.45, 7) is 2.26. The van der Waals surface area contributed by atoms with Crippen LogP contribution >= 0.6 is 0 Å². The van der Waals surface area contributed by atoms with Crippen molar-refractivity contribution in [3.63, 3.8) is 0 Å². The fraction of sp³-hybridized carbons (Fsp3) is 0.615. The molecule has 1 aliphatic carbocycles. The molecule has 0 aromatic carbocycles. The number of pyridine rings is 1. The Morgan fingerprint density at radius 3 is 2.94 bits per heavy atom. The number of nitrogen functional groups attached to an aromatic ring is 1. The van der Waals surface area contributed by atoms with Gasteiger partial charge in [-0.15, -0.1) is 0 Å². The number of aryl methyl sites for hydroxylation is 1. The summed E-state index contributed by atoms with van der Waals surface area (Å²) >= 11 is 0. The minimum Gasteiger partial charge on any atom is -0.397 e. The van der Waals surface area contributed by atoms with Crippen LogP contribution in [-0.4, -0.2) is 22.7 Å². The van der Waals surface area contributed by atoms with Gasteiger partial charge >= 0.3 is 0 Å². The third kappa shape index (κ3) is 2.88. The number of aliphatic hydroxyl groups is 1. The molecule has 0 spiro atoms. The van der Waals surface area contributed by atoms with Crippen molar-refractivity contribution >= 4 is 11.5 Å². The zero-order chi connectivity index (χ0) is 12.3. The fourth-order valence-corrected chi connectivity index (χ4v) is 2.54. The Hall–Kier alpha value is -1.29. The Balaban J connectivity index is 2.08. The quantitative estimate of drug-likeness (QED) is 0.748. The highest BCUT2D eigenvalue weighted by molar-refractivity contribution is 5.51. The van der Waals surface area contributed by atoms with Crippen LogP contribution in [0.25, 0.3) is 0 Å². The molecule has 94 valence electrons. The van der Waals surface area contributed by atoms with E-state index >= 15 is 0 Å². The number of aliphatic hydroxyl groups excluding tert-OH is 1. The van der Waals surface area contributed by atoms with E-state index in [1.807, 2.05) is 13.0 Å². The van der Waals surface area contributed by atoms with Gasteiger partial charge in [-0.2, -0.15) is 0 Å². The first kappa shape index (κ1) is 12.2. The minimum atomic E-state index is 0.256. The van der Waals surface area contributed by atoms with Crippen molar-refractivity contribution < 1.29 is 5.11 Å². The average Bonchev–Trinajstić information content (AvgIpc) is 2.33. The van der Waals surface area contributed by atoms with Gasteiger partial charge < -0.3 is 16.2 Å². The van der Waals surface area contributed by atoms with E-state index < -0.39 is 0 Å². The van der Waals surface area contributed by atoms with Gasteiger partial charge in [0.1, 0.15) is 5.82 Å². The van der Waals surface area contributed by atoms with Crippen LogP contribution in [0, 0.1) is 12.8 Å². The Morgan fingerprint density at radius 2 is 2.24 bits per heavy atom. The zero-order valence-corrected chi connectivity index (χ0v) is 10.3. The standard InChI is InChI=1S/C13H21N3O/c1-9-6-11(14)7-15-13(9)16-12-5-3-2-4-10(12)8-17/h6-7,10,12,17H,2-5,8,14H2,1H3,(H,15,16).